The topological polar surface area (TPSA) is 100 Å². The van der Waals surface area contributed by atoms with Gasteiger partial charge in [-0.15, -0.1) is 0 Å². The molecule has 0 aromatic heterocycles. The summed E-state index contributed by atoms with van der Waals surface area (Å²) in [4.78, 5) is 0. The lowest BCUT2D eigenvalue weighted by molar-refractivity contribution is 0.319. The highest BCUT2D eigenvalue weighted by Crippen LogP contribution is 2.29. The van der Waals surface area contributed by atoms with Crippen molar-refractivity contribution in [2.75, 3.05) is 33.0 Å². The molecule has 0 bridgehead atoms. The Morgan fingerprint density at radius 2 is 1.69 bits per heavy atom. The van der Waals surface area contributed by atoms with Crippen LogP contribution in [0.3, 0.4) is 0 Å². The van der Waals surface area contributed by atoms with E-state index >= 15 is 0 Å². The van der Waals surface area contributed by atoms with Gasteiger partial charge in [0.2, 0.25) is 0 Å². The Balaban J connectivity index is 2.42. The summed E-state index contributed by atoms with van der Waals surface area (Å²) in [6.45, 7) is 0. The fourth-order valence-corrected chi connectivity index (χ4v) is 2.84. The zero-order valence-electron chi connectivity index (χ0n) is 14.9. The molecule has 9 heteroatoms. The van der Waals surface area contributed by atoms with Crippen LogP contribution in [0.1, 0.15) is 11.1 Å². The molecule has 0 unspecified atom stereocenters. The first kappa shape index (κ1) is 19.5. The molecule has 0 aliphatic rings. The zero-order chi connectivity index (χ0) is 19.3. The second-order valence-electron chi connectivity index (χ2n) is 5.49. The summed E-state index contributed by atoms with van der Waals surface area (Å²) in [7, 11) is 2.25. The lowest BCUT2D eigenvalue weighted by Gasteiger charge is -2.14. The summed E-state index contributed by atoms with van der Waals surface area (Å²) in [5.41, 5.74) is 1.71. The first-order valence-electron chi connectivity index (χ1n) is 7.57. The highest BCUT2D eigenvalue weighted by atomic mass is 32.2. The van der Waals surface area contributed by atoms with E-state index in [9.17, 15) is 13.6 Å². The van der Waals surface area contributed by atoms with Gasteiger partial charge in [-0.1, -0.05) is 17.3 Å². The molecule has 0 fully saturated rings. The number of methoxy groups -OCH3 is 2. The predicted molar refractivity (Wildman–Crippen MR) is 99.6 cm³/mol. The van der Waals surface area contributed by atoms with E-state index in [0.29, 0.717) is 28.3 Å². The van der Waals surface area contributed by atoms with Gasteiger partial charge in [-0.3, -0.25) is 4.72 Å². The normalized spacial score (nSPS) is 12.1. The third-order valence-electron chi connectivity index (χ3n) is 3.62. The quantitative estimate of drug-likeness (QED) is 0.436. The van der Waals surface area contributed by atoms with E-state index in [1.807, 2.05) is 0 Å². The van der Waals surface area contributed by atoms with Gasteiger partial charge in [0, 0.05) is 25.2 Å². The summed E-state index contributed by atoms with van der Waals surface area (Å²) in [6.07, 6.45) is 0. The van der Waals surface area contributed by atoms with Gasteiger partial charge in [-0.25, -0.2) is 0 Å². The fourth-order valence-electron chi connectivity index (χ4n) is 2.24. The molecule has 2 N–H and O–H groups in total. The average molecular weight is 379 g/mol. The molecule has 2 aromatic carbocycles. The molecule has 26 heavy (non-hydrogen) atoms. The van der Waals surface area contributed by atoms with Crippen LogP contribution in [-0.4, -0.2) is 52.0 Å². The number of hydrogen-bond donors (Lipinski definition) is 2. The Hall–Kier alpha value is -2.78. The number of anilines is 1. The Kier molecular flexibility index (Phi) is 6.06. The molecule has 0 atom stereocenters. The molecule has 0 radical (unpaired) electrons. The van der Waals surface area contributed by atoms with E-state index in [4.69, 9.17) is 9.47 Å². The first-order chi connectivity index (χ1) is 12.3. The summed E-state index contributed by atoms with van der Waals surface area (Å²) >= 11 is 0. The van der Waals surface area contributed by atoms with Crippen LogP contribution in [0.15, 0.2) is 47.6 Å². The maximum Gasteiger partial charge on any atom is 0.301 e. The number of nitrogens with one attached hydrogen (secondary N) is 1. The van der Waals surface area contributed by atoms with Crippen molar-refractivity contribution in [3.8, 4) is 11.5 Å². The van der Waals surface area contributed by atoms with Crippen molar-refractivity contribution in [2.45, 2.75) is 0 Å². The van der Waals surface area contributed by atoms with Crippen molar-refractivity contribution in [2.24, 2.45) is 5.16 Å². The van der Waals surface area contributed by atoms with Gasteiger partial charge in [0.15, 0.2) is 11.5 Å². The number of benzene rings is 2. The minimum Gasteiger partial charge on any atom is -0.493 e. The summed E-state index contributed by atoms with van der Waals surface area (Å²) in [6, 6.07) is 11.6. The minimum atomic E-state index is -3.64. The lowest BCUT2D eigenvalue weighted by atomic mass is 10.0. The summed E-state index contributed by atoms with van der Waals surface area (Å²) in [5.74, 6) is 1.02. The maximum atomic E-state index is 12.0. The molecule has 140 valence electrons. The first-order valence-corrected chi connectivity index (χ1v) is 9.01. The second-order valence-corrected chi connectivity index (χ2v) is 7.37. The number of oxime groups is 1. The molecule has 0 saturated carbocycles. The van der Waals surface area contributed by atoms with E-state index in [1.165, 1.54) is 28.3 Å². The molecule has 8 nitrogen and oxygen atoms in total. The number of nitrogens with zero attached hydrogens (tertiary/aromatic N) is 2. The van der Waals surface area contributed by atoms with Gasteiger partial charge in [0.25, 0.3) is 0 Å². The number of rotatable bonds is 7. The third kappa shape index (κ3) is 4.24. The van der Waals surface area contributed by atoms with Crippen molar-refractivity contribution >= 4 is 21.6 Å². The van der Waals surface area contributed by atoms with E-state index < -0.39 is 10.2 Å². The molecular formula is C17H21N3O5S. The molecular weight excluding hydrogens is 358 g/mol. The molecule has 0 saturated heterocycles. The second kappa shape index (κ2) is 8.07. The van der Waals surface area contributed by atoms with Crippen LogP contribution < -0.4 is 14.2 Å². The third-order valence-corrected chi connectivity index (χ3v) is 5.08. The van der Waals surface area contributed by atoms with Gasteiger partial charge in [-0.05, 0) is 30.3 Å². The highest BCUT2D eigenvalue weighted by Gasteiger charge is 2.16. The summed E-state index contributed by atoms with van der Waals surface area (Å²) in [5, 5.41) is 12.9. The molecule has 0 heterocycles. The highest BCUT2D eigenvalue weighted by molar-refractivity contribution is 7.90. The Morgan fingerprint density at radius 1 is 1.04 bits per heavy atom. The van der Waals surface area contributed by atoms with Crippen molar-refractivity contribution in [1.29, 1.82) is 0 Å². The van der Waals surface area contributed by atoms with E-state index in [1.54, 1.807) is 42.5 Å². The van der Waals surface area contributed by atoms with Crippen molar-refractivity contribution in [1.82, 2.24) is 4.31 Å². The standard InChI is InChI=1S/C17H21N3O5S/c1-20(2)26(22,23)19-14-7-5-6-12(10-14)17(18-21)13-8-9-15(24-3)16(11-13)25-4/h5-11,19,21H,1-4H3/b18-17-. The molecule has 2 rings (SSSR count). The van der Waals surface area contributed by atoms with Gasteiger partial charge in [0.05, 0.1) is 19.9 Å². The molecule has 0 amide bonds. The molecule has 2 aromatic rings. The number of ether oxygens (including phenoxy) is 2. The van der Waals surface area contributed by atoms with E-state index in [-0.39, 0.29) is 5.71 Å². The molecule has 0 aliphatic heterocycles. The zero-order valence-corrected chi connectivity index (χ0v) is 15.7. The van der Waals surface area contributed by atoms with Crippen LogP contribution in [0.5, 0.6) is 11.5 Å². The molecule has 0 aliphatic carbocycles. The van der Waals surface area contributed by atoms with Crippen LogP contribution in [0.4, 0.5) is 5.69 Å². The van der Waals surface area contributed by atoms with Crippen LogP contribution in [0, 0.1) is 0 Å². The van der Waals surface area contributed by atoms with Crippen LogP contribution in [-0.2, 0) is 10.2 Å². The Morgan fingerprint density at radius 3 is 2.27 bits per heavy atom. The maximum absolute atomic E-state index is 12.0. The Labute approximate surface area is 152 Å². The predicted octanol–water partition coefficient (Wildman–Crippen LogP) is 2.15. The van der Waals surface area contributed by atoms with Crippen LogP contribution in [0.2, 0.25) is 0 Å². The fraction of sp³-hybridized carbons (Fsp3) is 0.235. The Bertz CT molecular complexity index is 910. The van der Waals surface area contributed by atoms with Gasteiger partial charge in [-0.2, -0.15) is 12.7 Å². The van der Waals surface area contributed by atoms with Crippen molar-refractivity contribution < 1.29 is 23.1 Å². The molecule has 0 spiro atoms. The van der Waals surface area contributed by atoms with Crippen LogP contribution in [0.25, 0.3) is 0 Å². The lowest BCUT2D eigenvalue weighted by Crippen LogP contribution is -2.29. The van der Waals surface area contributed by atoms with Gasteiger partial charge in [0.1, 0.15) is 5.71 Å². The average Bonchev–Trinajstić information content (AvgIpc) is 2.62. The van der Waals surface area contributed by atoms with Crippen LogP contribution >= 0.6 is 0 Å². The minimum absolute atomic E-state index is 0.261. The smallest absolute Gasteiger partial charge is 0.301 e. The SMILES string of the molecule is COc1ccc(/C(=N\O)c2cccc(NS(=O)(=O)N(C)C)c2)cc1OC. The van der Waals surface area contributed by atoms with Crippen molar-refractivity contribution in [3.05, 3.63) is 53.6 Å². The van der Waals surface area contributed by atoms with E-state index in [0.717, 1.165) is 4.31 Å². The van der Waals surface area contributed by atoms with Crippen molar-refractivity contribution in [3.63, 3.8) is 0 Å². The van der Waals surface area contributed by atoms with E-state index in [2.05, 4.69) is 9.88 Å². The summed E-state index contributed by atoms with van der Waals surface area (Å²) < 4.78 is 37.9. The number of hydrogen-bond acceptors (Lipinski definition) is 6. The largest absolute Gasteiger partial charge is 0.493 e. The monoisotopic (exact) mass is 379 g/mol. The van der Waals surface area contributed by atoms with Gasteiger partial charge < -0.3 is 14.7 Å². The van der Waals surface area contributed by atoms with Gasteiger partial charge >= 0.3 is 10.2 Å².